The molecular formula is C17H11Cl2FN2O3S. The van der Waals surface area contributed by atoms with Crippen LogP contribution in [0.15, 0.2) is 59.6 Å². The average Bonchev–Trinajstić information content (AvgIpc) is 2.60. The van der Waals surface area contributed by atoms with Crippen LogP contribution in [0.25, 0.3) is 11.3 Å². The van der Waals surface area contributed by atoms with Gasteiger partial charge in [0, 0.05) is 16.8 Å². The molecule has 0 fully saturated rings. The fourth-order valence-corrected chi connectivity index (χ4v) is 4.06. The zero-order valence-electron chi connectivity index (χ0n) is 12.9. The fourth-order valence-electron chi connectivity index (χ4n) is 2.24. The third kappa shape index (κ3) is 3.75. The van der Waals surface area contributed by atoms with Gasteiger partial charge in [0.25, 0.3) is 10.0 Å². The number of aromatic hydroxyl groups is 1. The first-order chi connectivity index (χ1) is 12.3. The number of phenolic OH excluding ortho intramolecular Hbond substituents is 1. The summed E-state index contributed by atoms with van der Waals surface area (Å²) in [4.78, 5) is 3.55. The summed E-state index contributed by atoms with van der Waals surface area (Å²) >= 11 is 11.5. The molecule has 0 saturated carbocycles. The molecule has 3 rings (SSSR count). The number of pyridine rings is 1. The lowest BCUT2D eigenvalue weighted by Gasteiger charge is -2.12. The van der Waals surface area contributed by atoms with E-state index >= 15 is 0 Å². The van der Waals surface area contributed by atoms with Crippen molar-refractivity contribution in [2.75, 3.05) is 4.72 Å². The minimum absolute atomic E-state index is 0.0131. The van der Waals surface area contributed by atoms with Crippen LogP contribution in [0, 0.1) is 5.82 Å². The summed E-state index contributed by atoms with van der Waals surface area (Å²) in [5.74, 6) is -1.47. The lowest BCUT2D eigenvalue weighted by molar-refractivity contribution is 0.459. The molecule has 0 spiro atoms. The Morgan fingerprint density at radius 1 is 1.08 bits per heavy atom. The molecule has 0 bridgehead atoms. The lowest BCUT2D eigenvalue weighted by Crippen LogP contribution is -2.14. The number of sulfonamides is 1. The predicted octanol–water partition coefficient (Wildman–Crippen LogP) is 4.70. The predicted molar refractivity (Wildman–Crippen MR) is 98.6 cm³/mol. The number of anilines is 1. The van der Waals surface area contributed by atoms with Crippen LogP contribution in [0.2, 0.25) is 10.0 Å². The quantitative estimate of drug-likeness (QED) is 0.650. The Labute approximate surface area is 159 Å². The summed E-state index contributed by atoms with van der Waals surface area (Å²) in [6.45, 7) is 0. The molecule has 3 aromatic rings. The van der Waals surface area contributed by atoms with E-state index in [2.05, 4.69) is 9.71 Å². The second-order valence-corrected chi connectivity index (χ2v) is 7.74. The third-order valence-corrected chi connectivity index (χ3v) is 5.34. The van der Waals surface area contributed by atoms with Gasteiger partial charge in [-0.2, -0.15) is 0 Å². The molecule has 0 aliphatic heterocycles. The molecule has 0 unspecified atom stereocenters. The Hall–Kier alpha value is -2.35. The maximum Gasteiger partial charge on any atom is 0.265 e. The van der Waals surface area contributed by atoms with Crippen LogP contribution in [-0.4, -0.2) is 18.5 Å². The van der Waals surface area contributed by atoms with E-state index in [0.29, 0.717) is 11.3 Å². The molecule has 1 aromatic heterocycles. The molecule has 2 N–H and O–H groups in total. The summed E-state index contributed by atoms with van der Waals surface area (Å²) in [6.07, 6.45) is 1.57. The molecule has 0 radical (unpaired) electrons. The molecule has 2 aromatic carbocycles. The molecule has 0 saturated heterocycles. The normalized spacial score (nSPS) is 11.3. The van der Waals surface area contributed by atoms with Gasteiger partial charge in [0.15, 0.2) is 5.75 Å². The standard InChI is InChI=1S/C17H11Cl2FN2O3S/c18-11-8-12(19)17(23)16(9-11)26(24,25)22-15-5-4-10(7-13(15)20)14-3-1-2-6-21-14/h1-9,22-23H. The van der Waals surface area contributed by atoms with Gasteiger partial charge in [-0.3, -0.25) is 9.71 Å². The molecule has 26 heavy (non-hydrogen) atoms. The largest absolute Gasteiger partial charge is 0.505 e. The maximum atomic E-state index is 14.4. The second-order valence-electron chi connectivity index (χ2n) is 5.25. The molecular weight excluding hydrogens is 402 g/mol. The number of nitrogens with zero attached hydrogens (tertiary/aromatic N) is 1. The van der Waals surface area contributed by atoms with Crippen molar-refractivity contribution in [1.29, 1.82) is 0 Å². The van der Waals surface area contributed by atoms with Crippen LogP contribution >= 0.6 is 23.2 Å². The van der Waals surface area contributed by atoms with Gasteiger partial charge >= 0.3 is 0 Å². The topological polar surface area (TPSA) is 79.3 Å². The monoisotopic (exact) mass is 412 g/mol. The number of hydrogen-bond donors (Lipinski definition) is 2. The first-order valence-electron chi connectivity index (χ1n) is 7.20. The van der Waals surface area contributed by atoms with Crippen LogP contribution in [0.5, 0.6) is 5.75 Å². The Morgan fingerprint density at radius 2 is 1.85 bits per heavy atom. The highest BCUT2D eigenvalue weighted by molar-refractivity contribution is 7.92. The van der Waals surface area contributed by atoms with E-state index in [1.165, 1.54) is 18.2 Å². The van der Waals surface area contributed by atoms with E-state index in [9.17, 15) is 17.9 Å². The van der Waals surface area contributed by atoms with E-state index in [1.54, 1.807) is 24.4 Å². The Morgan fingerprint density at radius 3 is 2.50 bits per heavy atom. The molecule has 9 heteroatoms. The highest BCUT2D eigenvalue weighted by atomic mass is 35.5. The Kier molecular flexibility index (Phi) is 5.04. The minimum atomic E-state index is -4.31. The molecule has 0 atom stereocenters. The fraction of sp³-hybridized carbons (Fsp3) is 0. The Balaban J connectivity index is 1.96. The van der Waals surface area contributed by atoms with Crippen LogP contribution in [0.4, 0.5) is 10.1 Å². The summed E-state index contributed by atoms with van der Waals surface area (Å²) in [6, 6.07) is 11.3. The zero-order chi connectivity index (χ0) is 18.9. The number of halogens is 3. The van der Waals surface area contributed by atoms with Crippen molar-refractivity contribution < 1.29 is 17.9 Å². The number of benzene rings is 2. The van der Waals surface area contributed by atoms with Crippen LogP contribution in [0.3, 0.4) is 0 Å². The molecule has 134 valence electrons. The van der Waals surface area contributed by atoms with Gasteiger partial charge in [-0.1, -0.05) is 35.3 Å². The summed E-state index contributed by atoms with van der Waals surface area (Å²) in [5, 5.41) is 9.67. The highest BCUT2D eigenvalue weighted by Gasteiger charge is 2.23. The van der Waals surface area contributed by atoms with Crippen molar-refractivity contribution >= 4 is 38.9 Å². The van der Waals surface area contributed by atoms with Crippen molar-refractivity contribution in [2.24, 2.45) is 0 Å². The number of rotatable bonds is 4. The molecule has 0 aliphatic rings. The molecule has 1 heterocycles. The number of phenols is 1. The summed E-state index contributed by atoms with van der Waals surface area (Å²) in [7, 11) is -4.31. The second kappa shape index (κ2) is 7.11. The van der Waals surface area contributed by atoms with Crippen LogP contribution in [-0.2, 0) is 10.0 Å². The van der Waals surface area contributed by atoms with E-state index < -0.39 is 26.5 Å². The molecule has 5 nitrogen and oxygen atoms in total. The first-order valence-corrected chi connectivity index (χ1v) is 9.43. The smallest absolute Gasteiger partial charge is 0.265 e. The van der Waals surface area contributed by atoms with Gasteiger partial charge in [-0.25, -0.2) is 12.8 Å². The Bertz CT molecular complexity index is 1080. The van der Waals surface area contributed by atoms with Crippen molar-refractivity contribution in [1.82, 2.24) is 4.98 Å². The zero-order valence-corrected chi connectivity index (χ0v) is 15.3. The van der Waals surface area contributed by atoms with Gasteiger partial charge in [-0.05, 0) is 36.4 Å². The van der Waals surface area contributed by atoms with Gasteiger partial charge < -0.3 is 5.11 Å². The molecule has 0 amide bonds. The van der Waals surface area contributed by atoms with Crippen molar-refractivity contribution in [3.05, 3.63) is 70.6 Å². The van der Waals surface area contributed by atoms with Gasteiger partial charge in [0.1, 0.15) is 10.7 Å². The van der Waals surface area contributed by atoms with E-state index in [4.69, 9.17) is 23.2 Å². The first kappa shape index (κ1) is 18.4. The van der Waals surface area contributed by atoms with Crippen LogP contribution in [0.1, 0.15) is 0 Å². The lowest BCUT2D eigenvalue weighted by atomic mass is 10.1. The summed E-state index contributed by atoms with van der Waals surface area (Å²) < 4.78 is 41.4. The van der Waals surface area contributed by atoms with Crippen molar-refractivity contribution in [3.8, 4) is 17.0 Å². The molecule has 0 aliphatic carbocycles. The van der Waals surface area contributed by atoms with Gasteiger partial charge in [0.2, 0.25) is 0 Å². The van der Waals surface area contributed by atoms with Gasteiger partial charge in [0.05, 0.1) is 16.4 Å². The third-order valence-electron chi connectivity index (χ3n) is 3.46. The summed E-state index contributed by atoms with van der Waals surface area (Å²) in [5.41, 5.74) is 0.736. The van der Waals surface area contributed by atoms with Gasteiger partial charge in [-0.15, -0.1) is 0 Å². The number of nitrogens with one attached hydrogen (secondary N) is 1. The minimum Gasteiger partial charge on any atom is -0.505 e. The van der Waals surface area contributed by atoms with Crippen LogP contribution < -0.4 is 4.72 Å². The number of hydrogen-bond acceptors (Lipinski definition) is 4. The van der Waals surface area contributed by atoms with E-state index in [1.807, 2.05) is 0 Å². The maximum absolute atomic E-state index is 14.4. The SMILES string of the molecule is O=S(=O)(Nc1ccc(-c2ccccn2)cc1F)c1cc(Cl)cc(Cl)c1O. The highest BCUT2D eigenvalue weighted by Crippen LogP contribution is 2.35. The van der Waals surface area contributed by atoms with Crippen molar-refractivity contribution in [3.63, 3.8) is 0 Å². The average molecular weight is 413 g/mol. The number of aromatic nitrogens is 1. The van der Waals surface area contributed by atoms with E-state index in [0.717, 1.165) is 12.1 Å². The van der Waals surface area contributed by atoms with E-state index in [-0.39, 0.29) is 15.7 Å². The van der Waals surface area contributed by atoms with Crippen molar-refractivity contribution in [2.45, 2.75) is 4.90 Å².